The number of halogens is 1. The summed E-state index contributed by atoms with van der Waals surface area (Å²) in [6.45, 7) is 5.44. The van der Waals surface area contributed by atoms with Crippen molar-refractivity contribution in [2.75, 3.05) is 30.4 Å². The lowest BCUT2D eigenvalue weighted by Crippen LogP contribution is -2.40. The number of rotatable bonds is 5. The third-order valence-corrected chi connectivity index (χ3v) is 6.92. The molecule has 4 N–H and O–H groups in total. The van der Waals surface area contributed by atoms with Crippen LogP contribution in [0.25, 0.3) is 33.2 Å². The van der Waals surface area contributed by atoms with Crippen molar-refractivity contribution in [2.45, 2.75) is 32.7 Å². The lowest BCUT2D eigenvalue weighted by molar-refractivity contribution is 0.114. The van der Waals surface area contributed by atoms with E-state index in [9.17, 15) is 9.18 Å². The Bertz CT molecular complexity index is 1480. The van der Waals surface area contributed by atoms with Crippen LogP contribution >= 0.6 is 0 Å². The van der Waals surface area contributed by atoms with Crippen LogP contribution in [0.15, 0.2) is 54.9 Å². The van der Waals surface area contributed by atoms with Crippen LogP contribution in [-0.4, -0.2) is 42.2 Å². The molecule has 5 rings (SSSR count). The van der Waals surface area contributed by atoms with Crippen LogP contribution in [0.5, 0.6) is 0 Å². The topological polar surface area (TPSA) is 105 Å². The monoisotopic (exact) mass is 514 g/mol. The minimum Gasteiger partial charge on any atom is -0.370 e. The third kappa shape index (κ3) is 5.16. The summed E-state index contributed by atoms with van der Waals surface area (Å²) in [5.41, 5.74) is 15.4. The maximum atomic E-state index is 14.5. The van der Waals surface area contributed by atoms with Crippen LogP contribution in [0.1, 0.15) is 24.0 Å². The number of aryl methyl sites for hydroxylation is 2. The van der Waals surface area contributed by atoms with Crippen LogP contribution in [0, 0.1) is 19.7 Å². The van der Waals surface area contributed by atoms with Gasteiger partial charge in [0.05, 0.1) is 18.3 Å². The van der Waals surface area contributed by atoms with E-state index in [1.54, 1.807) is 12.3 Å². The molecule has 0 atom stereocenters. The third-order valence-electron chi connectivity index (χ3n) is 6.92. The highest BCUT2D eigenvalue weighted by molar-refractivity contribution is 6.03. The summed E-state index contributed by atoms with van der Waals surface area (Å²) in [7, 11) is 1.37. The molecule has 3 heterocycles. The Morgan fingerprint density at radius 3 is 2.61 bits per heavy atom. The summed E-state index contributed by atoms with van der Waals surface area (Å²) in [4.78, 5) is 28.4. The van der Waals surface area contributed by atoms with Gasteiger partial charge in [-0.3, -0.25) is 15.1 Å². The average molecular weight is 515 g/mol. The van der Waals surface area contributed by atoms with Gasteiger partial charge >= 0.3 is 6.03 Å². The van der Waals surface area contributed by atoms with Crippen LogP contribution < -0.4 is 21.4 Å². The highest BCUT2D eigenvalue weighted by atomic mass is 19.1. The summed E-state index contributed by atoms with van der Waals surface area (Å²) in [6.07, 6.45) is 5.22. The SMILES string of the molecule is CONC(=O)Nc1nccc(C)c1-c1ccc2ncc(-c3cc(C)cc(F)c3)c(N3CCC(N)CC3)c2c1. The second kappa shape index (κ2) is 10.7. The molecule has 0 spiro atoms. The molecule has 0 saturated carbocycles. The number of piperidine rings is 1. The van der Waals surface area contributed by atoms with Gasteiger partial charge in [0.1, 0.15) is 11.6 Å². The molecule has 38 heavy (non-hydrogen) atoms. The summed E-state index contributed by atoms with van der Waals surface area (Å²) < 4.78 is 14.5. The van der Waals surface area contributed by atoms with Gasteiger partial charge in [0, 0.05) is 48.0 Å². The molecule has 0 aliphatic carbocycles. The highest BCUT2D eigenvalue weighted by Crippen LogP contribution is 2.41. The first kappa shape index (κ1) is 25.6. The van der Waals surface area contributed by atoms with E-state index in [0.717, 1.165) is 75.9 Å². The van der Waals surface area contributed by atoms with E-state index >= 15 is 0 Å². The summed E-state index contributed by atoms with van der Waals surface area (Å²) in [6, 6.07) is 12.6. The van der Waals surface area contributed by atoms with Gasteiger partial charge in [0.15, 0.2) is 0 Å². The molecule has 4 aromatic rings. The molecule has 196 valence electrons. The lowest BCUT2D eigenvalue weighted by Gasteiger charge is -2.34. The number of nitrogens with two attached hydrogens (primary N) is 1. The number of carbonyl (C=O) groups is 1. The quantitative estimate of drug-likeness (QED) is 0.311. The Morgan fingerprint density at radius 1 is 1.08 bits per heavy atom. The molecule has 2 amide bonds. The van der Waals surface area contributed by atoms with Crippen molar-refractivity contribution in [1.82, 2.24) is 15.4 Å². The molecule has 1 fully saturated rings. The van der Waals surface area contributed by atoms with Crippen molar-refractivity contribution in [3.63, 3.8) is 0 Å². The summed E-state index contributed by atoms with van der Waals surface area (Å²) in [5, 5.41) is 3.70. The van der Waals surface area contributed by atoms with E-state index in [0.29, 0.717) is 5.82 Å². The number of benzene rings is 2. The Labute approximate surface area is 221 Å². The number of pyridine rings is 2. The molecular weight excluding hydrogens is 483 g/mol. The van der Waals surface area contributed by atoms with Crippen LogP contribution in [-0.2, 0) is 4.84 Å². The van der Waals surface area contributed by atoms with Crippen molar-refractivity contribution >= 4 is 28.4 Å². The number of nitrogens with one attached hydrogen (secondary N) is 2. The molecule has 0 radical (unpaired) electrons. The van der Waals surface area contributed by atoms with Gasteiger partial charge in [-0.25, -0.2) is 19.6 Å². The maximum absolute atomic E-state index is 14.5. The zero-order chi connectivity index (χ0) is 26.8. The highest BCUT2D eigenvalue weighted by Gasteiger charge is 2.23. The molecular formula is C29H31FN6O2. The van der Waals surface area contributed by atoms with Crippen molar-refractivity contribution in [3.8, 4) is 22.3 Å². The van der Waals surface area contributed by atoms with Crippen molar-refractivity contribution < 1.29 is 14.0 Å². The molecule has 2 aromatic heterocycles. The second-order valence-corrected chi connectivity index (χ2v) is 9.71. The first-order valence-electron chi connectivity index (χ1n) is 12.6. The van der Waals surface area contributed by atoms with Gasteiger partial charge < -0.3 is 10.6 Å². The van der Waals surface area contributed by atoms with Crippen LogP contribution in [0.3, 0.4) is 0 Å². The predicted molar refractivity (Wildman–Crippen MR) is 148 cm³/mol. The number of hydrogen-bond donors (Lipinski definition) is 3. The van der Waals surface area contributed by atoms with Crippen LogP contribution in [0.4, 0.5) is 20.7 Å². The van der Waals surface area contributed by atoms with Crippen molar-refractivity contribution in [3.05, 3.63) is 71.8 Å². The van der Waals surface area contributed by atoms with Gasteiger partial charge in [0.2, 0.25) is 0 Å². The molecule has 2 aromatic carbocycles. The number of amides is 2. The molecule has 9 heteroatoms. The fraction of sp³-hybridized carbons (Fsp3) is 0.276. The Kier molecular flexibility index (Phi) is 7.22. The number of aromatic nitrogens is 2. The Morgan fingerprint density at radius 2 is 1.87 bits per heavy atom. The van der Waals surface area contributed by atoms with Gasteiger partial charge in [-0.15, -0.1) is 0 Å². The zero-order valence-corrected chi connectivity index (χ0v) is 21.7. The standard InChI is InChI=1S/C29H31FN6O2/c1-17-12-20(14-21(30)13-17)24-16-33-25-5-4-19(15-23(25)27(24)36-10-7-22(31)8-11-36)26-18(2)6-9-32-28(26)34-29(37)35-38-3/h4-6,9,12-16,22H,7-8,10-11,31H2,1-3H3,(H2,32,34,35,37). The van der Waals surface area contributed by atoms with E-state index in [1.165, 1.54) is 13.2 Å². The molecule has 0 bridgehead atoms. The van der Waals surface area contributed by atoms with Gasteiger partial charge in [-0.05, 0) is 79.3 Å². The van der Waals surface area contributed by atoms with Crippen molar-refractivity contribution in [2.24, 2.45) is 5.73 Å². The number of hydroxylamine groups is 1. The van der Waals surface area contributed by atoms with E-state index in [-0.39, 0.29) is 11.9 Å². The largest absolute Gasteiger partial charge is 0.370 e. The molecule has 0 unspecified atom stereocenters. The average Bonchev–Trinajstić information content (AvgIpc) is 2.88. The summed E-state index contributed by atoms with van der Waals surface area (Å²) >= 11 is 0. The number of nitrogens with zero attached hydrogens (tertiary/aromatic N) is 3. The predicted octanol–water partition coefficient (Wildman–Crippen LogP) is 5.33. The van der Waals surface area contributed by atoms with E-state index < -0.39 is 6.03 Å². The number of fused-ring (bicyclic) bond motifs is 1. The first-order chi connectivity index (χ1) is 18.3. The van der Waals surface area contributed by atoms with Gasteiger partial charge in [-0.1, -0.05) is 12.1 Å². The smallest absolute Gasteiger partial charge is 0.344 e. The molecule has 1 aliphatic rings. The van der Waals surface area contributed by atoms with Gasteiger partial charge in [0.25, 0.3) is 0 Å². The van der Waals surface area contributed by atoms with Crippen molar-refractivity contribution in [1.29, 1.82) is 0 Å². The maximum Gasteiger partial charge on any atom is 0.344 e. The Hall–Kier alpha value is -4.08. The van der Waals surface area contributed by atoms with E-state index in [1.807, 2.05) is 44.3 Å². The number of anilines is 2. The Balaban J connectivity index is 1.71. The summed E-state index contributed by atoms with van der Waals surface area (Å²) in [5.74, 6) is 0.130. The van der Waals surface area contributed by atoms with Gasteiger partial charge in [-0.2, -0.15) is 0 Å². The number of hydrogen-bond acceptors (Lipinski definition) is 6. The lowest BCUT2D eigenvalue weighted by atomic mass is 9.94. The van der Waals surface area contributed by atoms with Crippen LogP contribution in [0.2, 0.25) is 0 Å². The minimum atomic E-state index is -0.525. The zero-order valence-electron chi connectivity index (χ0n) is 21.7. The minimum absolute atomic E-state index is 0.166. The van der Waals surface area contributed by atoms with E-state index in [2.05, 4.69) is 26.7 Å². The molecule has 1 aliphatic heterocycles. The van der Waals surface area contributed by atoms with E-state index in [4.69, 9.17) is 15.6 Å². The number of carbonyl (C=O) groups excluding carboxylic acids is 1. The first-order valence-corrected chi connectivity index (χ1v) is 12.6. The fourth-order valence-electron chi connectivity index (χ4n) is 5.14. The molecule has 8 nitrogen and oxygen atoms in total. The number of urea groups is 1. The fourth-order valence-corrected chi connectivity index (χ4v) is 5.14. The normalized spacial score (nSPS) is 14.1. The second-order valence-electron chi connectivity index (χ2n) is 9.71. The molecule has 1 saturated heterocycles.